The van der Waals surface area contributed by atoms with E-state index in [4.69, 9.17) is 4.74 Å². The van der Waals surface area contributed by atoms with Gasteiger partial charge in [-0.3, -0.25) is 4.79 Å². The molecule has 0 bridgehead atoms. The Kier molecular flexibility index (Phi) is 5.22. The Bertz CT molecular complexity index is 1090. The summed E-state index contributed by atoms with van der Waals surface area (Å²) in [5.41, 5.74) is 0.687. The summed E-state index contributed by atoms with van der Waals surface area (Å²) in [5, 5.41) is 19.1. The fourth-order valence-electron chi connectivity index (χ4n) is 2.95. The average molecular weight is 376 g/mol. The molecule has 6 heteroatoms. The third-order valence-electron chi connectivity index (χ3n) is 4.31. The van der Waals surface area contributed by atoms with E-state index in [1.54, 1.807) is 43.5 Å². The molecule has 0 aliphatic heterocycles. The summed E-state index contributed by atoms with van der Waals surface area (Å²) in [5.74, 6) is -2.18. The van der Waals surface area contributed by atoms with E-state index in [0.717, 1.165) is 5.56 Å². The van der Waals surface area contributed by atoms with Crippen LogP contribution in [-0.4, -0.2) is 35.0 Å². The van der Waals surface area contributed by atoms with E-state index >= 15 is 0 Å². The molecule has 0 aromatic heterocycles. The van der Waals surface area contributed by atoms with Crippen LogP contribution < -0.4 is 4.74 Å². The highest BCUT2D eigenvalue weighted by atomic mass is 16.5. The van der Waals surface area contributed by atoms with Crippen LogP contribution in [0.2, 0.25) is 0 Å². The van der Waals surface area contributed by atoms with Gasteiger partial charge in [-0.1, -0.05) is 30.3 Å². The molecule has 0 fully saturated rings. The van der Waals surface area contributed by atoms with Gasteiger partial charge in [-0.2, -0.15) is 0 Å². The molecule has 0 atom stereocenters. The minimum absolute atomic E-state index is 0.0335. The minimum Gasteiger partial charge on any atom is -0.497 e. The third-order valence-corrected chi connectivity index (χ3v) is 4.31. The van der Waals surface area contributed by atoms with Gasteiger partial charge in [-0.15, -0.1) is 0 Å². The van der Waals surface area contributed by atoms with Crippen LogP contribution in [0, 0.1) is 0 Å². The van der Waals surface area contributed by atoms with E-state index in [0.29, 0.717) is 5.75 Å². The van der Waals surface area contributed by atoms with Gasteiger partial charge < -0.3 is 14.9 Å². The normalized spacial score (nSPS) is 10.9. The zero-order valence-electron chi connectivity index (χ0n) is 14.9. The predicted molar refractivity (Wildman–Crippen MR) is 104 cm³/mol. The van der Waals surface area contributed by atoms with Gasteiger partial charge in [0.05, 0.1) is 18.2 Å². The second-order valence-corrected chi connectivity index (χ2v) is 5.97. The largest absolute Gasteiger partial charge is 0.497 e. The number of fused-ring (bicyclic) bond motifs is 1. The van der Waals surface area contributed by atoms with E-state index in [1.165, 1.54) is 30.3 Å². The number of aromatic carboxylic acids is 2. The molecule has 3 aromatic rings. The van der Waals surface area contributed by atoms with E-state index < -0.39 is 11.9 Å². The number of methoxy groups -OCH3 is 1. The van der Waals surface area contributed by atoms with Crippen LogP contribution in [-0.2, 0) is 0 Å². The summed E-state index contributed by atoms with van der Waals surface area (Å²) in [6.07, 6.45) is 2.99. The van der Waals surface area contributed by atoms with Crippen LogP contribution in [0.1, 0.15) is 36.6 Å². The Labute approximate surface area is 160 Å². The molecular weight excluding hydrogens is 360 g/mol. The summed E-state index contributed by atoms with van der Waals surface area (Å²) in [6, 6.07) is 14.1. The fraction of sp³-hybridized carbons (Fsp3) is 0.0455. The molecule has 0 aliphatic rings. The maximum atomic E-state index is 12.7. The number of ketones is 1. The first-order chi connectivity index (χ1) is 13.4. The maximum Gasteiger partial charge on any atom is 0.336 e. The highest BCUT2D eigenvalue weighted by Crippen LogP contribution is 2.27. The summed E-state index contributed by atoms with van der Waals surface area (Å²) in [7, 11) is 1.56. The lowest BCUT2D eigenvalue weighted by molar-refractivity contribution is 0.0695. The summed E-state index contributed by atoms with van der Waals surface area (Å²) in [6.45, 7) is 0. The van der Waals surface area contributed by atoms with Crippen molar-refractivity contribution in [1.82, 2.24) is 0 Å². The quantitative estimate of drug-likeness (QED) is 0.495. The Hall–Kier alpha value is -3.93. The summed E-state index contributed by atoms with van der Waals surface area (Å²) in [4.78, 5) is 35.8. The molecule has 0 saturated carbocycles. The van der Waals surface area contributed by atoms with Crippen molar-refractivity contribution < 1.29 is 29.3 Å². The van der Waals surface area contributed by atoms with Crippen LogP contribution in [0.4, 0.5) is 0 Å². The number of rotatable bonds is 6. The van der Waals surface area contributed by atoms with Gasteiger partial charge in [0, 0.05) is 10.9 Å². The van der Waals surface area contributed by atoms with E-state index in [-0.39, 0.29) is 33.2 Å². The number of ether oxygens (including phenoxy) is 1. The highest BCUT2D eigenvalue weighted by Gasteiger charge is 2.19. The number of carbonyl (C=O) groups is 3. The first-order valence-corrected chi connectivity index (χ1v) is 8.31. The highest BCUT2D eigenvalue weighted by molar-refractivity contribution is 6.21. The second kappa shape index (κ2) is 7.75. The van der Waals surface area contributed by atoms with Crippen molar-refractivity contribution in [3.8, 4) is 5.75 Å². The van der Waals surface area contributed by atoms with E-state index in [2.05, 4.69) is 0 Å². The molecule has 140 valence electrons. The molecule has 2 N–H and O–H groups in total. The number of allylic oxidation sites excluding steroid dienone is 1. The molecule has 0 heterocycles. The molecule has 3 rings (SSSR count). The average Bonchev–Trinajstić information content (AvgIpc) is 2.70. The Morgan fingerprint density at radius 2 is 1.43 bits per heavy atom. The van der Waals surface area contributed by atoms with Gasteiger partial charge in [-0.05, 0) is 47.4 Å². The van der Waals surface area contributed by atoms with Crippen molar-refractivity contribution in [2.24, 2.45) is 0 Å². The lowest BCUT2D eigenvalue weighted by atomic mass is 9.93. The molecular formula is C22H16O6. The van der Waals surface area contributed by atoms with E-state index in [1.807, 2.05) is 0 Å². The van der Waals surface area contributed by atoms with Crippen molar-refractivity contribution in [2.75, 3.05) is 7.11 Å². The third kappa shape index (κ3) is 3.61. The first-order valence-electron chi connectivity index (χ1n) is 8.31. The number of carboxylic acid groups (broad SMARTS) is 2. The van der Waals surface area contributed by atoms with Gasteiger partial charge in [-0.25, -0.2) is 9.59 Å². The van der Waals surface area contributed by atoms with Gasteiger partial charge >= 0.3 is 11.9 Å². The lowest BCUT2D eigenvalue weighted by Crippen LogP contribution is -2.07. The van der Waals surface area contributed by atoms with Gasteiger partial charge in [0.2, 0.25) is 0 Å². The molecule has 3 aromatic carbocycles. The van der Waals surface area contributed by atoms with Crippen LogP contribution in [0.15, 0.2) is 60.7 Å². The Morgan fingerprint density at radius 1 is 0.821 bits per heavy atom. The van der Waals surface area contributed by atoms with Crippen molar-refractivity contribution in [3.63, 3.8) is 0 Å². The molecule has 6 nitrogen and oxygen atoms in total. The fourth-order valence-corrected chi connectivity index (χ4v) is 2.95. The smallest absolute Gasteiger partial charge is 0.336 e. The zero-order chi connectivity index (χ0) is 20.3. The number of carboxylic acids is 2. The zero-order valence-corrected chi connectivity index (χ0v) is 14.9. The SMILES string of the molecule is COc1ccc(/C=C\C(=O)c2ccc(C(=O)O)c3c(C(=O)O)cccc23)cc1. The lowest BCUT2D eigenvalue weighted by Gasteiger charge is -2.10. The predicted octanol–water partition coefficient (Wildman–Crippen LogP) is 4.14. The Morgan fingerprint density at radius 3 is 2.04 bits per heavy atom. The number of carbonyl (C=O) groups excluding carboxylic acids is 1. The van der Waals surface area contributed by atoms with Gasteiger partial charge in [0.25, 0.3) is 0 Å². The maximum absolute atomic E-state index is 12.7. The monoisotopic (exact) mass is 376 g/mol. The first kappa shape index (κ1) is 18.8. The van der Waals surface area contributed by atoms with Crippen LogP contribution in [0.3, 0.4) is 0 Å². The molecule has 0 aliphatic carbocycles. The minimum atomic E-state index is -1.26. The molecule has 0 spiro atoms. The number of hydrogen-bond donors (Lipinski definition) is 2. The summed E-state index contributed by atoms with van der Waals surface area (Å²) >= 11 is 0. The van der Waals surface area contributed by atoms with Gasteiger partial charge in [0.15, 0.2) is 5.78 Å². The second-order valence-electron chi connectivity index (χ2n) is 5.97. The van der Waals surface area contributed by atoms with Crippen LogP contribution in [0.25, 0.3) is 16.8 Å². The number of benzene rings is 3. The summed E-state index contributed by atoms with van der Waals surface area (Å²) < 4.78 is 5.09. The van der Waals surface area contributed by atoms with E-state index in [9.17, 15) is 24.6 Å². The van der Waals surface area contributed by atoms with Gasteiger partial charge in [0.1, 0.15) is 5.75 Å². The van der Waals surface area contributed by atoms with Crippen molar-refractivity contribution in [3.05, 3.63) is 82.9 Å². The van der Waals surface area contributed by atoms with Crippen LogP contribution >= 0.6 is 0 Å². The molecule has 28 heavy (non-hydrogen) atoms. The molecule has 0 saturated heterocycles. The molecule has 0 unspecified atom stereocenters. The van der Waals surface area contributed by atoms with Crippen molar-refractivity contribution in [1.29, 1.82) is 0 Å². The molecule has 0 amide bonds. The molecule has 0 radical (unpaired) electrons. The van der Waals surface area contributed by atoms with Crippen LogP contribution in [0.5, 0.6) is 5.75 Å². The Balaban J connectivity index is 2.07. The van der Waals surface area contributed by atoms with Crippen molar-refractivity contribution in [2.45, 2.75) is 0 Å². The topological polar surface area (TPSA) is 101 Å². The van der Waals surface area contributed by atoms with Crippen molar-refractivity contribution >= 4 is 34.6 Å². The number of hydrogen-bond acceptors (Lipinski definition) is 4. The standard InChI is InChI=1S/C22H16O6/c1-28-14-8-5-13(6-9-14)7-12-19(23)15-10-11-18(22(26)27)20-16(15)3-2-4-17(20)21(24)25/h2-12H,1H3,(H,24,25)(H,26,27)/b12-7-.